The van der Waals surface area contributed by atoms with E-state index in [4.69, 9.17) is 15.9 Å². The monoisotopic (exact) mass is 220 g/mol. The third kappa shape index (κ3) is 2.14. The zero-order chi connectivity index (χ0) is 11.5. The van der Waals surface area contributed by atoms with Gasteiger partial charge >= 0.3 is 0 Å². The van der Waals surface area contributed by atoms with Crippen molar-refractivity contribution in [1.29, 1.82) is 5.41 Å². The van der Waals surface area contributed by atoms with Crippen LogP contribution in [0, 0.1) is 5.41 Å². The predicted molar refractivity (Wildman–Crippen MR) is 62.9 cm³/mol. The number of ether oxygens (including phenoxy) is 1. The SMILES string of the molecule is CC1COCCN1c1ccnc(C(=N)N)c1. The number of morpholine rings is 1. The van der Waals surface area contributed by atoms with Crippen LogP contribution < -0.4 is 10.6 Å². The second-order valence-corrected chi connectivity index (χ2v) is 3.93. The van der Waals surface area contributed by atoms with Gasteiger partial charge in [0.25, 0.3) is 0 Å². The van der Waals surface area contributed by atoms with Crippen LogP contribution in [0.5, 0.6) is 0 Å². The third-order valence-electron chi connectivity index (χ3n) is 2.72. The average molecular weight is 220 g/mol. The molecule has 0 amide bonds. The summed E-state index contributed by atoms with van der Waals surface area (Å²) >= 11 is 0. The smallest absolute Gasteiger partial charge is 0.141 e. The topological polar surface area (TPSA) is 75.2 Å². The molecule has 2 heterocycles. The Morgan fingerprint density at radius 1 is 1.69 bits per heavy atom. The lowest BCUT2D eigenvalue weighted by molar-refractivity contribution is 0.0989. The van der Waals surface area contributed by atoms with Crippen molar-refractivity contribution in [1.82, 2.24) is 4.98 Å². The molecule has 0 aromatic carbocycles. The van der Waals surface area contributed by atoms with Crippen LogP contribution >= 0.6 is 0 Å². The number of aromatic nitrogens is 1. The molecule has 2 rings (SSSR count). The summed E-state index contributed by atoms with van der Waals surface area (Å²) in [5, 5.41) is 7.37. The summed E-state index contributed by atoms with van der Waals surface area (Å²) in [6.07, 6.45) is 1.69. The summed E-state index contributed by atoms with van der Waals surface area (Å²) in [6, 6.07) is 4.13. The average Bonchev–Trinajstić information content (AvgIpc) is 2.30. The first-order valence-corrected chi connectivity index (χ1v) is 5.33. The van der Waals surface area contributed by atoms with Crippen molar-refractivity contribution in [3.8, 4) is 0 Å². The van der Waals surface area contributed by atoms with Gasteiger partial charge in [0.05, 0.1) is 13.2 Å². The van der Waals surface area contributed by atoms with E-state index < -0.39 is 0 Å². The van der Waals surface area contributed by atoms with Crippen molar-refractivity contribution in [2.45, 2.75) is 13.0 Å². The predicted octanol–water partition coefficient (Wildman–Crippen LogP) is 0.591. The van der Waals surface area contributed by atoms with Gasteiger partial charge in [-0.25, -0.2) is 0 Å². The number of pyridine rings is 1. The van der Waals surface area contributed by atoms with Crippen molar-refractivity contribution >= 4 is 11.5 Å². The van der Waals surface area contributed by atoms with Gasteiger partial charge in [-0.1, -0.05) is 0 Å². The van der Waals surface area contributed by atoms with E-state index >= 15 is 0 Å². The number of amidine groups is 1. The van der Waals surface area contributed by atoms with Gasteiger partial charge in [0.2, 0.25) is 0 Å². The fourth-order valence-electron chi connectivity index (χ4n) is 1.86. The highest BCUT2D eigenvalue weighted by Gasteiger charge is 2.19. The first kappa shape index (κ1) is 10.9. The normalized spacial score (nSPS) is 20.8. The quantitative estimate of drug-likeness (QED) is 0.565. The van der Waals surface area contributed by atoms with Crippen LogP contribution in [0.4, 0.5) is 5.69 Å². The number of nitrogens with zero attached hydrogens (tertiary/aromatic N) is 2. The molecule has 0 saturated carbocycles. The largest absolute Gasteiger partial charge is 0.382 e. The van der Waals surface area contributed by atoms with E-state index in [-0.39, 0.29) is 5.84 Å². The maximum atomic E-state index is 7.37. The molecule has 1 saturated heterocycles. The van der Waals surface area contributed by atoms with Crippen LogP contribution in [0.1, 0.15) is 12.6 Å². The summed E-state index contributed by atoms with van der Waals surface area (Å²) in [7, 11) is 0. The molecule has 5 heteroatoms. The maximum Gasteiger partial charge on any atom is 0.141 e. The fourth-order valence-corrected chi connectivity index (χ4v) is 1.86. The Bertz CT molecular complexity index is 393. The minimum absolute atomic E-state index is 0.00256. The second kappa shape index (κ2) is 4.49. The number of nitrogens with two attached hydrogens (primary N) is 1. The van der Waals surface area contributed by atoms with Gasteiger partial charge in [-0.2, -0.15) is 0 Å². The van der Waals surface area contributed by atoms with Crippen LogP contribution in [0.3, 0.4) is 0 Å². The van der Waals surface area contributed by atoms with Crippen LogP contribution in [0.15, 0.2) is 18.3 Å². The molecule has 1 aromatic heterocycles. The van der Waals surface area contributed by atoms with Gasteiger partial charge in [-0.15, -0.1) is 0 Å². The number of nitrogens with one attached hydrogen (secondary N) is 1. The molecule has 1 fully saturated rings. The molecule has 5 nitrogen and oxygen atoms in total. The first-order valence-electron chi connectivity index (χ1n) is 5.33. The Hall–Kier alpha value is -1.62. The van der Waals surface area contributed by atoms with Gasteiger partial charge in [0.15, 0.2) is 0 Å². The minimum atomic E-state index is 0.00256. The van der Waals surface area contributed by atoms with E-state index in [2.05, 4.69) is 16.8 Å². The standard InChI is InChI=1S/C11H16N4O/c1-8-7-16-5-4-15(8)9-2-3-14-10(6-9)11(12)13/h2-3,6,8H,4-5,7H2,1H3,(H3,12,13). The zero-order valence-corrected chi connectivity index (χ0v) is 9.31. The third-order valence-corrected chi connectivity index (χ3v) is 2.72. The molecule has 0 bridgehead atoms. The van der Waals surface area contributed by atoms with Crippen molar-refractivity contribution in [2.24, 2.45) is 5.73 Å². The van der Waals surface area contributed by atoms with E-state index in [9.17, 15) is 0 Å². The second-order valence-electron chi connectivity index (χ2n) is 3.93. The molecule has 1 unspecified atom stereocenters. The molecule has 86 valence electrons. The van der Waals surface area contributed by atoms with Crippen LogP contribution in [-0.2, 0) is 4.74 Å². The lowest BCUT2D eigenvalue weighted by Gasteiger charge is -2.35. The number of hydrogen-bond donors (Lipinski definition) is 2. The van der Waals surface area contributed by atoms with Crippen molar-refractivity contribution in [2.75, 3.05) is 24.7 Å². The molecular weight excluding hydrogens is 204 g/mol. The minimum Gasteiger partial charge on any atom is -0.382 e. The molecular formula is C11H16N4O. The fraction of sp³-hybridized carbons (Fsp3) is 0.455. The maximum absolute atomic E-state index is 7.37. The van der Waals surface area contributed by atoms with E-state index in [1.165, 1.54) is 0 Å². The Kier molecular flexibility index (Phi) is 3.05. The summed E-state index contributed by atoms with van der Waals surface area (Å²) in [5.41, 5.74) is 7.00. The Balaban J connectivity index is 2.25. The summed E-state index contributed by atoms with van der Waals surface area (Å²) < 4.78 is 5.39. The molecule has 16 heavy (non-hydrogen) atoms. The van der Waals surface area contributed by atoms with E-state index in [0.29, 0.717) is 11.7 Å². The zero-order valence-electron chi connectivity index (χ0n) is 9.31. The van der Waals surface area contributed by atoms with Crippen LogP contribution in [-0.4, -0.2) is 36.6 Å². The van der Waals surface area contributed by atoms with Gasteiger partial charge in [-0.3, -0.25) is 10.4 Å². The van der Waals surface area contributed by atoms with Gasteiger partial charge in [0.1, 0.15) is 11.5 Å². The highest BCUT2D eigenvalue weighted by molar-refractivity contribution is 5.93. The molecule has 1 atom stereocenters. The molecule has 0 aliphatic carbocycles. The number of hydrogen-bond acceptors (Lipinski definition) is 4. The van der Waals surface area contributed by atoms with Crippen molar-refractivity contribution in [3.05, 3.63) is 24.0 Å². The highest BCUT2D eigenvalue weighted by atomic mass is 16.5. The number of rotatable bonds is 2. The lowest BCUT2D eigenvalue weighted by Crippen LogP contribution is -2.43. The molecule has 1 aromatic rings. The molecule has 1 aliphatic rings. The summed E-state index contributed by atoms with van der Waals surface area (Å²) in [6.45, 7) is 4.45. The molecule has 0 radical (unpaired) electrons. The number of anilines is 1. The van der Waals surface area contributed by atoms with Gasteiger partial charge < -0.3 is 15.4 Å². The van der Waals surface area contributed by atoms with Crippen LogP contribution in [0.25, 0.3) is 0 Å². The summed E-state index contributed by atoms with van der Waals surface area (Å²) in [5.74, 6) is 0.00256. The van der Waals surface area contributed by atoms with Crippen molar-refractivity contribution < 1.29 is 4.74 Å². The van der Waals surface area contributed by atoms with E-state index in [1.807, 2.05) is 12.1 Å². The Morgan fingerprint density at radius 3 is 3.19 bits per heavy atom. The van der Waals surface area contributed by atoms with Gasteiger partial charge in [0, 0.05) is 24.5 Å². The first-order chi connectivity index (χ1) is 7.68. The Morgan fingerprint density at radius 2 is 2.50 bits per heavy atom. The van der Waals surface area contributed by atoms with Crippen molar-refractivity contribution in [3.63, 3.8) is 0 Å². The summed E-state index contributed by atoms with van der Waals surface area (Å²) in [4.78, 5) is 6.30. The molecule has 3 N–H and O–H groups in total. The lowest BCUT2D eigenvalue weighted by atomic mass is 10.2. The van der Waals surface area contributed by atoms with E-state index in [1.54, 1.807) is 6.20 Å². The molecule has 0 spiro atoms. The highest BCUT2D eigenvalue weighted by Crippen LogP contribution is 2.19. The number of nitrogen functional groups attached to an aromatic ring is 1. The Labute approximate surface area is 94.7 Å². The van der Waals surface area contributed by atoms with E-state index in [0.717, 1.165) is 25.4 Å². The van der Waals surface area contributed by atoms with Crippen LogP contribution in [0.2, 0.25) is 0 Å². The molecule has 1 aliphatic heterocycles. The van der Waals surface area contributed by atoms with Gasteiger partial charge in [-0.05, 0) is 19.1 Å².